The fourth-order valence-corrected chi connectivity index (χ4v) is 1.76. The summed E-state index contributed by atoms with van der Waals surface area (Å²) in [5, 5.41) is 12.2. The van der Waals surface area contributed by atoms with Crippen LogP contribution in [0, 0.1) is 0 Å². The Bertz CT molecular complexity index is 393. The first-order chi connectivity index (χ1) is 9.21. The van der Waals surface area contributed by atoms with E-state index in [0.717, 1.165) is 18.5 Å². The van der Waals surface area contributed by atoms with Crippen molar-refractivity contribution in [1.82, 2.24) is 0 Å². The van der Waals surface area contributed by atoms with E-state index in [1.54, 1.807) is 7.11 Å². The summed E-state index contributed by atoms with van der Waals surface area (Å²) >= 11 is 0. The molecule has 0 saturated carbocycles. The maximum absolute atomic E-state index is 8.81. The molecule has 0 heterocycles. The summed E-state index contributed by atoms with van der Waals surface area (Å²) in [5.74, 6) is 1.30. The minimum atomic E-state index is -0.0173. The van der Waals surface area contributed by atoms with E-state index in [9.17, 15) is 0 Å². The lowest BCUT2D eigenvalue weighted by Gasteiger charge is -2.16. The van der Waals surface area contributed by atoms with Crippen molar-refractivity contribution in [1.29, 1.82) is 0 Å². The predicted octanol–water partition coefficient (Wildman–Crippen LogP) is 2.83. The van der Waals surface area contributed by atoms with Gasteiger partial charge in [-0.3, -0.25) is 0 Å². The first-order valence-corrected chi connectivity index (χ1v) is 6.50. The minimum Gasteiger partial charge on any atom is -0.493 e. The predicted molar refractivity (Wildman–Crippen MR) is 78.1 cm³/mol. The molecule has 1 aromatic rings. The third kappa shape index (κ3) is 5.22. The van der Waals surface area contributed by atoms with Gasteiger partial charge in [0.25, 0.3) is 0 Å². The Balaban J connectivity index is 2.70. The molecule has 0 aliphatic carbocycles. The molecule has 0 bridgehead atoms. The van der Waals surface area contributed by atoms with Crippen molar-refractivity contribution >= 4 is 5.69 Å². The molecular formula is C15H23NO3. The molecule has 106 valence electrons. The average molecular weight is 265 g/mol. The summed E-state index contributed by atoms with van der Waals surface area (Å²) in [7, 11) is 1.60. The van der Waals surface area contributed by atoms with Crippen LogP contribution in [0.1, 0.15) is 19.8 Å². The monoisotopic (exact) mass is 265 g/mol. The molecule has 0 aromatic heterocycles. The molecule has 0 saturated heterocycles. The van der Waals surface area contributed by atoms with Crippen LogP contribution >= 0.6 is 0 Å². The number of hydrogen-bond acceptors (Lipinski definition) is 4. The Hall–Kier alpha value is -1.68. The van der Waals surface area contributed by atoms with Gasteiger partial charge in [-0.25, -0.2) is 0 Å². The number of ether oxygens (including phenoxy) is 2. The molecule has 1 rings (SSSR count). The van der Waals surface area contributed by atoms with Gasteiger partial charge < -0.3 is 19.9 Å². The molecular weight excluding hydrogens is 242 g/mol. The van der Waals surface area contributed by atoms with Crippen LogP contribution in [-0.4, -0.2) is 31.5 Å². The molecule has 1 aromatic carbocycles. The third-order valence-electron chi connectivity index (χ3n) is 2.73. The fourth-order valence-electron chi connectivity index (χ4n) is 1.76. The highest BCUT2D eigenvalue weighted by atomic mass is 16.5. The molecule has 1 unspecified atom stereocenters. The Labute approximate surface area is 115 Å². The van der Waals surface area contributed by atoms with Crippen molar-refractivity contribution in [2.45, 2.75) is 25.8 Å². The van der Waals surface area contributed by atoms with Gasteiger partial charge in [0.15, 0.2) is 11.5 Å². The van der Waals surface area contributed by atoms with Crippen LogP contribution < -0.4 is 14.8 Å². The largest absolute Gasteiger partial charge is 0.493 e. The molecule has 0 aliphatic heterocycles. The molecule has 4 nitrogen and oxygen atoms in total. The van der Waals surface area contributed by atoms with Crippen molar-refractivity contribution in [2.75, 3.05) is 25.6 Å². The Morgan fingerprint density at radius 2 is 2.21 bits per heavy atom. The number of allylic oxidation sites excluding steroid dienone is 1. The lowest BCUT2D eigenvalue weighted by Crippen LogP contribution is -2.14. The van der Waals surface area contributed by atoms with Gasteiger partial charge in [-0.15, -0.1) is 6.58 Å². The van der Waals surface area contributed by atoms with E-state index < -0.39 is 0 Å². The second-order valence-corrected chi connectivity index (χ2v) is 4.35. The van der Waals surface area contributed by atoms with Crippen LogP contribution in [0.4, 0.5) is 5.69 Å². The number of benzene rings is 1. The van der Waals surface area contributed by atoms with Gasteiger partial charge in [0.1, 0.15) is 6.61 Å². The first-order valence-electron chi connectivity index (χ1n) is 6.50. The summed E-state index contributed by atoms with van der Waals surface area (Å²) in [5.41, 5.74) is 0.977. The lowest BCUT2D eigenvalue weighted by atomic mass is 10.1. The van der Waals surface area contributed by atoms with Gasteiger partial charge in [0, 0.05) is 17.8 Å². The van der Waals surface area contributed by atoms with E-state index in [2.05, 4.69) is 18.8 Å². The highest BCUT2D eigenvalue weighted by Crippen LogP contribution is 2.30. The normalized spacial score (nSPS) is 11.7. The van der Waals surface area contributed by atoms with Gasteiger partial charge in [-0.2, -0.15) is 0 Å². The lowest BCUT2D eigenvalue weighted by molar-refractivity contribution is 0.196. The minimum absolute atomic E-state index is 0.0173. The van der Waals surface area contributed by atoms with Crippen LogP contribution in [0.3, 0.4) is 0 Å². The van der Waals surface area contributed by atoms with Crippen molar-refractivity contribution in [3.05, 3.63) is 30.9 Å². The highest BCUT2D eigenvalue weighted by molar-refractivity contribution is 5.55. The number of rotatable bonds is 9. The maximum atomic E-state index is 8.81. The van der Waals surface area contributed by atoms with Crippen LogP contribution in [0.2, 0.25) is 0 Å². The number of methoxy groups -OCH3 is 1. The van der Waals surface area contributed by atoms with Gasteiger partial charge in [-0.05, 0) is 31.9 Å². The van der Waals surface area contributed by atoms with Crippen LogP contribution in [0.15, 0.2) is 30.9 Å². The van der Waals surface area contributed by atoms with Crippen molar-refractivity contribution in [3.63, 3.8) is 0 Å². The van der Waals surface area contributed by atoms with Crippen molar-refractivity contribution < 1.29 is 14.6 Å². The molecule has 1 atom stereocenters. The van der Waals surface area contributed by atoms with Gasteiger partial charge >= 0.3 is 0 Å². The van der Waals surface area contributed by atoms with Crippen molar-refractivity contribution in [2.24, 2.45) is 0 Å². The first kappa shape index (κ1) is 15.4. The number of nitrogens with one attached hydrogen (secondary N) is 1. The standard InChI is InChI=1S/C15H23NO3/c1-4-5-6-12(2)16-13-7-8-14(18-3)15(11-13)19-10-9-17/h4,7-8,11-12,16-17H,1,5-6,9-10H2,2-3H3. The van der Waals surface area contributed by atoms with Crippen molar-refractivity contribution in [3.8, 4) is 11.5 Å². The molecule has 0 fully saturated rings. The van der Waals surface area contributed by atoms with Crippen LogP contribution in [0.5, 0.6) is 11.5 Å². The topological polar surface area (TPSA) is 50.7 Å². The molecule has 2 N–H and O–H groups in total. The molecule has 0 aliphatic rings. The SMILES string of the molecule is C=CCCC(C)Nc1ccc(OC)c(OCCO)c1. The van der Waals surface area contributed by atoms with E-state index in [4.69, 9.17) is 14.6 Å². The highest BCUT2D eigenvalue weighted by Gasteiger charge is 2.07. The smallest absolute Gasteiger partial charge is 0.163 e. The quantitative estimate of drug-likeness (QED) is 0.674. The van der Waals surface area contributed by atoms with Crippen LogP contribution in [0.25, 0.3) is 0 Å². The van der Waals surface area contributed by atoms with E-state index >= 15 is 0 Å². The Morgan fingerprint density at radius 1 is 1.42 bits per heavy atom. The van der Waals surface area contributed by atoms with E-state index in [-0.39, 0.29) is 13.2 Å². The second kappa shape index (κ2) is 8.43. The summed E-state index contributed by atoms with van der Waals surface area (Å²) in [6, 6.07) is 6.06. The Kier molecular flexibility index (Phi) is 6.82. The second-order valence-electron chi connectivity index (χ2n) is 4.35. The molecule has 0 spiro atoms. The number of hydrogen-bond donors (Lipinski definition) is 2. The Morgan fingerprint density at radius 3 is 2.84 bits per heavy atom. The zero-order valence-electron chi connectivity index (χ0n) is 11.7. The number of aliphatic hydroxyl groups is 1. The molecule has 0 amide bonds. The van der Waals surface area contributed by atoms with E-state index in [1.807, 2.05) is 24.3 Å². The van der Waals surface area contributed by atoms with Crippen LogP contribution in [-0.2, 0) is 0 Å². The summed E-state index contributed by atoms with van der Waals surface area (Å²) in [4.78, 5) is 0. The molecule has 19 heavy (non-hydrogen) atoms. The summed E-state index contributed by atoms with van der Waals surface area (Å²) < 4.78 is 10.7. The number of anilines is 1. The zero-order valence-corrected chi connectivity index (χ0v) is 11.7. The average Bonchev–Trinajstić information content (AvgIpc) is 2.43. The van der Waals surface area contributed by atoms with Gasteiger partial charge in [0.05, 0.1) is 13.7 Å². The van der Waals surface area contributed by atoms with Gasteiger partial charge in [0.2, 0.25) is 0 Å². The fraction of sp³-hybridized carbons (Fsp3) is 0.467. The molecule has 4 heteroatoms. The number of aliphatic hydroxyl groups excluding tert-OH is 1. The maximum Gasteiger partial charge on any atom is 0.163 e. The third-order valence-corrected chi connectivity index (χ3v) is 2.73. The van der Waals surface area contributed by atoms with E-state index in [1.165, 1.54) is 0 Å². The molecule has 0 radical (unpaired) electrons. The zero-order chi connectivity index (χ0) is 14.1. The summed E-state index contributed by atoms with van der Waals surface area (Å²) in [6.07, 6.45) is 3.93. The van der Waals surface area contributed by atoms with E-state index in [0.29, 0.717) is 17.5 Å². The summed E-state index contributed by atoms with van der Waals surface area (Å²) in [6.45, 7) is 6.09. The van der Waals surface area contributed by atoms with Gasteiger partial charge in [-0.1, -0.05) is 6.08 Å².